The molecule has 0 bridgehead atoms. The molecule has 0 saturated carbocycles. The van der Waals surface area contributed by atoms with E-state index in [1.165, 1.54) is 0 Å². The monoisotopic (exact) mass is 754 g/mol. The first-order valence-electron chi connectivity index (χ1n) is 14.3. The molecule has 0 saturated heterocycles. The summed E-state index contributed by atoms with van der Waals surface area (Å²) in [5.74, 6) is -3.49. The van der Waals surface area contributed by atoms with Crippen LogP contribution in [0.4, 0.5) is 0 Å². The third-order valence-electron chi connectivity index (χ3n) is 5.03. The summed E-state index contributed by atoms with van der Waals surface area (Å²) in [6.45, 7) is 19.6. The van der Waals surface area contributed by atoms with E-state index in [1.807, 2.05) is 0 Å². The van der Waals surface area contributed by atoms with Gasteiger partial charge in [-0.3, -0.25) is 0 Å². The van der Waals surface area contributed by atoms with E-state index in [2.05, 4.69) is 0 Å². The number of carbonyl (C=O) groups is 4. The van der Waals surface area contributed by atoms with Gasteiger partial charge < -0.3 is 28.1 Å². The molecule has 2 rings (SSSR count). The molecule has 268 valence electrons. The van der Waals surface area contributed by atoms with E-state index < -0.39 is 76.3 Å². The van der Waals surface area contributed by atoms with Crippen LogP contribution < -0.4 is 0 Å². The Morgan fingerprint density at radius 3 is 0.837 bits per heavy atom. The summed E-state index contributed by atoms with van der Waals surface area (Å²) in [4.78, 5) is 47.9. The molecule has 2 aromatic rings. The Labute approximate surface area is 317 Å². The minimum Gasteiger partial charge on any atom is -0.744 e. The maximum absolute atomic E-state index is 12.3. The van der Waals surface area contributed by atoms with Crippen LogP contribution in [0.25, 0.3) is 0 Å². The van der Waals surface area contributed by atoms with Gasteiger partial charge in [0, 0.05) is 0 Å². The Bertz CT molecular complexity index is 1640. The van der Waals surface area contributed by atoms with Crippen LogP contribution in [0.2, 0.25) is 0 Å². The Balaban J connectivity index is 0.000000922. The van der Waals surface area contributed by atoms with Crippen molar-refractivity contribution in [2.24, 2.45) is 0 Å². The summed E-state index contributed by atoms with van der Waals surface area (Å²) in [6.07, 6.45) is 0. The standard InChI is InChI=1S/2C16H22O7S.Ca/c2*1-15(2,3)22-13(17)11-8-7-10(24(19,20)21)9-12(11)14(18)23-16(4,5)6;/h2*7-9H,1-6H3,(H,19,20,21);/q;;+2/p-2. The van der Waals surface area contributed by atoms with E-state index in [0.717, 1.165) is 36.4 Å². The molecule has 0 radical (unpaired) electrons. The van der Waals surface area contributed by atoms with Crippen LogP contribution >= 0.6 is 0 Å². The average molecular weight is 755 g/mol. The Kier molecular flexibility index (Phi) is 15.7. The maximum Gasteiger partial charge on any atom is 2.00 e. The Morgan fingerprint density at radius 1 is 0.449 bits per heavy atom. The zero-order valence-electron chi connectivity index (χ0n) is 29.7. The molecule has 0 N–H and O–H groups in total. The van der Waals surface area contributed by atoms with Crippen LogP contribution in [0.5, 0.6) is 0 Å². The second-order valence-electron chi connectivity index (χ2n) is 14.3. The van der Waals surface area contributed by atoms with Crippen LogP contribution in [-0.2, 0) is 39.2 Å². The fourth-order valence-electron chi connectivity index (χ4n) is 3.38. The van der Waals surface area contributed by atoms with E-state index in [-0.39, 0.29) is 60.0 Å². The molecular formula is C32H42CaO14S2. The number of benzene rings is 2. The van der Waals surface area contributed by atoms with Gasteiger partial charge in [-0.15, -0.1) is 0 Å². The van der Waals surface area contributed by atoms with Crippen molar-refractivity contribution >= 4 is 81.9 Å². The van der Waals surface area contributed by atoms with Gasteiger partial charge in [0.1, 0.15) is 42.6 Å². The van der Waals surface area contributed by atoms with Gasteiger partial charge in [-0.25, -0.2) is 36.0 Å². The number of rotatable bonds is 6. The van der Waals surface area contributed by atoms with Gasteiger partial charge in [0.05, 0.1) is 32.0 Å². The zero-order valence-corrected chi connectivity index (χ0v) is 33.5. The summed E-state index contributed by atoms with van der Waals surface area (Å²) in [7, 11) is -9.58. The molecule has 0 aliphatic rings. The molecule has 0 aliphatic heterocycles. The van der Waals surface area contributed by atoms with Crippen LogP contribution in [-0.4, -0.2) is 110 Å². The van der Waals surface area contributed by atoms with Crippen LogP contribution in [0.3, 0.4) is 0 Å². The van der Waals surface area contributed by atoms with Crippen molar-refractivity contribution in [1.29, 1.82) is 0 Å². The fourth-order valence-corrected chi connectivity index (χ4v) is 4.38. The van der Waals surface area contributed by atoms with Gasteiger partial charge in [-0.05, 0) is 119 Å². The van der Waals surface area contributed by atoms with Gasteiger partial charge in [-0.1, -0.05) is 0 Å². The number of esters is 4. The van der Waals surface area contributed by atoms with E-state index in [9.17, 15) is 45.1 Å². The molecule has 0 spiro atoms. The molecule has 0 aromatic heterocycles. The quantitative estimate of drug-likeness (QED) is 0.170. The molecule has 0 aliphatic carbocycles. The van der Waals surface area contributed by atoms with Gasteiger partial charge in [-0.2, -0.15) is 0 Å². The molecule has 17 heteroatoms. The Hall–Kier alpha value is -2.60. The first kappa shape index (κ1) is 46.4. The van der Waals surface area contributed by atoms with Crippen LogP contribution in [0, 0.1) is 0 Å². The van der Waals surface area contributed by atoms with Crippen molar-refractivity contribution in [3.63, 3.8) is 0 Å². The molecule has 49 heavy (non-hydrogen) atoms. The molecule has 0 atom stereocenters. The van der Waals surface area contributed by atoms with Crippen molar-refractivity contribution in [1.82, 2.24) is 0 Å². The summed E-state index contributed by atoms with van der Waals surface area (Å²) in [6, 6.07) is 5.70. The summed E-state index contributed by atoms with van der Waals surface area (Å²) in [5, 5.41) is 0. The van der Waals surface area contributed by atoms with E-state index in [1.54, 1.807) is 83.1 Å². The SMILES string of the molecule is CC(C)(C)OC(=O)c1ccc(S(=O)(=O)[O-])cc1C(=O)OC(C)(C)C.CC(C)(C)OC(=O)c1ccc(S(=O)(=O)[O-])cc1C(=O)OC(C)(C)C.[Ca+2]. The summed E-state index contributed by atoms with van der Waals surface area (Å²) in [5.41, 5.74) is -4.38. The molecule has 0 fully saturated rings. The predicted molar refractivity (Wildman–Crippen MR) is 175 cm³/mol. The molecule has 14 nitrogen and oxygen atoms in total. The minimum absolute atomic E-state index is 0. The smallest absolute Gasteiger partial charge is 0.744 e. The third kappa shape index (κ3) is 16.8. The fraction of sp³-hybridized carbons (Fsp3) is 0.500. The number of hydrogen-bond acceptors (Lipinski definition) is 14. The molecule has 0 unspecified atom stereocenters. The van der Waals surface area contributed by atoms with Crippen molar-refractivity contribution in [3.05, 3.63) is 58.7 Å². The maximum atomic E-state index is 12.3. The van der Waals surface area contributed by atoms with Gasteiger partial charge in [0.25, 0.3) is 0 Å². The van der Waals surface area contributed by atoms with Gasteiger partial charge in [0.15, 0.2) is 0 Å². The van der Waals surface area contributed by atoms with E-state index >= 15 is 0 Å². The molecule has 0 heterocycles. The topological polar surface area (TPSA) is 220 Å². The predicted octanol–water partition coefficient (Wildman–Crippen LogP) is 4.62. The van der Waals surface area contributed by atoms with E-state index in [4.69, 9.17) is 18.9 Å². The average Bonchev–Trinajstić information content (AvgIpc) is 2.83. The third-order valence-corrected chi connectivity index (χ3v) is 6.70. The number of carbonyl (C=O) groups excluding carboxylic acids is 4. The second kappa shape index (κ2) is 16.6. The first-order valence-corrected chi connectivity index (χ1v) is 17.2. The molecule has 2 aromatic carbocycles. The van der Waals surface area contributed by atoms with Crippen molar-refractivity contribution < 1.29 is 64.1 Å². The van der Waals surface area contributed by atoms with Crippen LogP contribution in [0.15, 0.2) is 46.2 Å². The van der Waals surface area contributed by atoms with Crippen molar-refractivity contribution in [3.8, 4) is 0 Å². The van der Waals surface area contributed by atoms with Crippen molar-refractivity contribution in [2.45, 2.75) is 115 Å². The van der Waals surface area contributed by atoms with Gasteiger partial charge >= 0.3 is 61.6 Å². The van der Waals surface area contributed by atoms with Gasteiger partial charge in [0.2, 0.25) is 0 Å². The summed E-state index contributed by atoms with van der Waals surface area (Å²) < 4.78 is 87.8. The summed E-state index contributed by atoms with van der Waals surface area (Å²) >= 11 is 0. The van der Waals surface area contributed by atoms with Crippen LogP contribution in [0.1, 0.15) is 125 Å². The number of hydrogen-bond donors (Lipinski definition) is 0. The van der Waals surface area contributed by atoms with E-state index in [0.29, 0.717) is 0 Å². The molecular weight excluding hydrogens is 713 g/mol. The Morgan fingerprint density at radius 2 is 0.653 bits per heavy atom. The number of ether oxygens (including phenoxy) is 4. The van der Waals surface area contributed by atoms with Crippen molar-refractivity contribution in [2.75, 3.05) is 0 Å². The molecule has 0 amide bonds. The second-order valence-corrected chi connectivity index (χ2v) is 17.1. The largest absolute Gasteiger partial charge is 2.00 e. The minimum atomic E-state index is -4.79. The zero-order chi connectivity index (χ0) is 37.8. The normalized spacial score (nSPS) is 12.4. The first-order chi connectivity index (χ1) is 21.2.